The SMILES string of the molecule is O=C(O)c1ccc(N2CC3(CCN(Cc4cc(Cl)c(-c5ccc(F)cc5)c(Cl)c4)CC3)OC2=O)cc1. The number of anilines is 1. The largest absolute Gasteiger partial charge is 0.478 e. The molecule has 0 atom stereocenters. The lowest BCUT2D eigenvalue weighted by Crippen LogP contribution is -2.46. The number of ether oxygens (including phenoxy) is 1. The Balaban J connectivity index is 1.23. The van der Waals surface area contributed by atoms with Gasteiger partial charge in [-0.05, 0) is 59.7 Å². The van der Waals surface area contributed by atoms with Gasteiger partial charge in [-0.15, -0.1) is 0 Å². The summed E-state index contributed by atoms with van der Waals surface area (Å²) in [4.78, 5) is 27.5. The van der Waals surface area contributed by atoms with Crippen LogP contribution < -0.4 is 4.90 Å². The van der Waals surface area contributed by atoms with Crippen molar-refractivity contribution in [1.82, 2.24) is 4.90 Å². The second kappa shape index (κ2) is 9.73. The van der Waals surface area contributed by atoms with Gasteiger partial charge >= 0.3 is 12.1 Å². The predicted octanol–water partition coefficient (Wildman–Crippen LogP) is 6.49. The molecule has 2 saturated heterocycles. The van der Waals surface area contributed by atoms with E-state index in [2.05, 4.69) is 4.90 Å². The molecule has 6 nitrogen and oxygen atoms in total. The van der Waals surface area contributed by atoms with Gasteiger partial charge in [-0.3, -0.25) is 9.80 Å². The quantitative estimate of drug-likeness (QED) is 0.409. The molecule has 2 aliphatic rings. The Morgan fingerprint density at radius 1 is 1.00 bits per heavy atom. The molecular weight excluding hydrogens is 506 g/mol. The molecule has 0 radical (unpaired) electrons. The maximum absolute atomic E-state index is 13.3. The van der Waals surface area contributed by atoms with Crippen LogP contribution in [0.1, 0.15) is 28.8 Å². The number of likely N-dealkylation sites (tertiary alicyclic amines) is 1. The van der Waals surface area contributed by atoms with Crippen molar-refractivity contribution in [3.63, 3.8) is 0 Å². The van der Waals surface area contributed by atoms with Gasteiger partial charge in [0, 0.05) is 43.7 Å². The summed E-state index contributed by atoms with van der Waals surface area (Å²) < 4.78 is 19.1. The number of carbonyl (C=O) groups excluding carboxylic acids is 1. The van der Waals surface area contributed by atoms with E-state index in [1.54, 1.807) is 29.2 Å². The number of rotatable bonds is 5. The number of piperidine rings is 1. The summed E-state index contributed by atoms with van der Waals surface area (Å²) in [5.41, 5.74) is 2.61. The molecule has 2 fully saturated rings. The van der Waals surface area contributed by atoms with Crippen molar-refractivity contribution < 1.29 is 23.8 Å². The standard InChI is InChI=1S/C27H23Cl2FN2O4/c28-22-13-17(14-23(29)24(22)18-1-5-20(30)6-2-18)15-31-11-9-27(10-12-31)16-32(26(35)36-27)21-7-3-19(4-8-21)25(33)34/h1-8,13-14H,9-12,15-16H2,(H,33,34). The van der Waals surface area contributed by atoms with Crippen LogP contribution in [-0.2, 0) is 11.3 Å². The van der Waals surface area contributed by atoms with Gasteiger partial charge in [0.05, 0.1) is 22.2 Å². The van der Waals surface area contributed by atoms with Crippen LogP contribution >= 0.6 is 23.2 Å². The van der Waals surface area contributed by atoms with Crippen molar-refractivity contribution in [2.45, 2.75) is 25.0 Å². The van der Waals surface area contributed by atoms with E-state index >= 15 is 0 Å². The molecule has 1 amide bonds. The summed E-state index contributed by atoms with van der Waals surface area (Å²) >= 11 is 13.1. The minimum atomic E-state index is -1.01. The fraction of sp³-hybridized carbons (Fsp3) is 0.259. The smallest absolute Gasteiger partial charge is 0.415 e. The van der Waals surface area contributed by atoms with Crippen LogP contribution in [0.15, 0.2) is 60.7 Å². The van der Waals surface area contributed by atoms with Crippen LogP contribution in [0.4, 0.5) is 14.9 Å². The van der Waals surface area contributed by atoms with Crippen molar-refractivity contribution in [2.24, 2.45) is 0 Å². The fourth-order valence-corrected chi connectivity index (χ4v) is 5.60. The van der Waals surface area contributed by atoms with Gasteiger partial charge in [0.15, 0.2) is 0 Å². The minimum Gasteiger partial charge on any atom is -0.478 e. The second-order valence-corrected chi connectivity index (χ2v) is 10.0. The summed E-state index contributed by atoms with van der Waals surface area (Å²) in [6.45, 7) is 2.53. The Morgan fingerprint density at radius 3 is 2.19 bits per heavy atom. The first-order valence-corrected chi connectivity index (χ1v) is 12.3. The Bertz CT molecular complexity index is 1280. The number of hydrogen-bond donors (Lipinski definition) is 1. The average molecular weight is 529 g/mol. The molecule has 0 saturated carbocycles. The molecule has 186 valence electrons. The molecule has 0 aliphatic carbocycles. The maximum Gasteiger partial charge on any atom is 0.415 e. The molecular formula is C27H23Cl2FN2O4. The highest BCUT2D eigenvalue weighted by atomic mass is 35.5. The van der Waals surface area contributed by atoms with E-state index in [9.17, 15) is 14.0 Å². The van der Waals surface area contributed by atoms with Crippen LogP contribution in [-0.4, -0.2) is 47.3 Å². The molecule has 1 N–H and O–H groups in total. The van der Waals surface area contributed by atoms with E-state index in [1.807, 2.05) is 12.1 Å². The van der Waals surface area contributed by atoms with E-state index in [1.165, 1.54) is 24.3 Å². The van der Waals surface area contributed by atoms with Crippen molar-refractivity contribution in [1.29, 1.82) is 0 Å². The van der Waals surface area contributed by atoms with Crippen molar-refractivity contribution >= 4 is 41.0 Å². The molecule has 9 heteroatoms. The summed E-state index contributed by atoms with van der Waals surface area (Å²) in [6, 6.07) is 16.0. The predicted molar refractivity (Wildman–Crippen MR) is 136 cm³/mol. The molecule has 3 aromatic carbocycles. The molecule has 2 heterocycles. The first-order chi connectivity index (χ1) is 17.2. The lowest BCUT2D eigenvalue weighted by molar-refractivity contribution is -0.000978. The van der Waals surface area contributed by atoms with E-state index < -0.39 is 17.7 Å². The molecule has 5 rings (SSSR count). The summed E-state index contributed by atoms with van der Waals surface area (Å²) in [5.74, 6) is -1.33. The van der Waals surface area contributed by atoms with Crippen LogP contribution in [0.25, 0.3) is 11.1 Å². The van der Waals surface area contributed by atoms with E-state index in [-0.39, 0.29) is 11.4 Å². The third-order valence-corrected chi connectivity index (χ3v) is 7.40. The van der Waals surface area contributed by atoms with Gasteiger partial charge in [0.1, 0.15) is 11.4 Å². The molecule has 36 heavy (non-hydrogen) atoms. The fourth-order valence-electron chi connectivity index (χ4n) is 4.85. The minimum absolute atomic E-state index is 0.167. The number of amides is 1. The van der Waals surface area contributed by atoms with Gasteiger partial charge in [-0.2, -0.15) is 0 Å². The highest BCUT2D eigenvalue weighted by molar-refractivity contribution is 6.39. The normalized spacial score (nSPS) is 17.4. The van der Waals surface area contributed by atoms with E-state index in [0.717, 1.165) is 24.2 Å². The first kappa shape index (κ1) is 24.6. The highest BCUT2D eigenvalue weighted by Crippen LogP contribution is 2.38. The van der Waals surface area contributed by atoms with E-state index in [4.69, 9.17) is 33.0 Å². The first-order valence-electron chi connectivity index (χ1n) is 11.5. The zero-order chi connectivity index (χ0) is 25.4. The molecule has 0 aromatic heterocycles. The molecule has 0 bridgehead atoms. The lowest BCUT2D eigenvalue weighted by Gasteiger charge is -2.37. The third-order valence-electron chi connectivity index (χ3n) is 6.80. The molecule has 2 aliphatic heterocycles. The van der Waals surface area contributed by atoms with Crippen LogP contribution in [0.3, 0.4) is 0 Å². The van der Waals surface area contributed by atoms with Crippen LogP contribution in [0.2, 0.25) is 10.0 Å². The number of carboxylic acids is 1. The Morgan fingerprint density at radius 2 is 1.61 bits per heavy atom. The van der Waals surface area contributed by atoms with Gasteiger partial charge < -0.3 is 9.84 Å². The van der Waals surface area contributed by atoms with Crippen molar-refractivity contribution in [3.05, 3.63) is 87.7 Å². The number of carboxylic acid groups (broad SMARTS) is 1. The zero-order valence-corrected chi connectivity index (χ0v) is 20.7. The van der Waals surface area contributed by atoms with Crippen LogP contribution in [0.5, 0.6) is 0 Å². The molecule has 1 spiro atoms. The monoisotopic (exact) mass is 528 g/mol. The van der Waals surface area contributed by atoms with Gasteiger partial charge in [0.25, 0.3) is 0 Å². The third kappa shape index (κ3) is 4.91. The number of benzene rings is 3. The molecule has 3 aromatic rings. The summed E-state index contributed by atoms with van der Waals surface area (Å²) in [7, 11) is 0. The number of halogens is 3. The number of carbonyl (C=O) groups is 2. The topological polar surface area (TPSA) is 70.1 Å². The van der Waals surface area contributed by atoms with Crippen molar-refractivity contribution in [3.8, 4) is 11.1 Å². The maximum atomic E-state index is 13.3. The van der Waals surface area contributed by atoms with Gasteiger partial charge in [-0.25, -0.2) is 14.0 Å². The highest BCUT2D eigenvalue weighted by Gasteiger charge is 2.47. The Hall–Kier alpha value is -3.13. The second-order valence-electron chi connectivity index (χ2n) is 9.21. The number of nitrogens with zero attached hydrogens (tertiary/aromatic N) is 2. The summed E-state index contributed by atoms with van der Waals surface area (Å²) in [6.07, 6.45) is 0.941. The number of hydrogen-bond acceptors (Lipinski definition) is 4. The summed E-state index contributed by atoms with van der Waals surface area (Å²) in [5, 5.41) is 10.1. The zero-order valence-electron chi connectivity index (χ0n) is 19.2. The lowest BCUT2D eigenvalue weighted by atomic mass is 9.91. The van der Waals surface area contributed by atoms with Crippen molar-refractivity contribution in [2.75, 3.05) is 24.5 Å². The van der Waals surface area contributed by atoms with Gasteiger partial charge in [-0.1, -0.05) is 35.3 Å². The molecule has 0 unspecified atom stereocenters. The Kier molecular flexibility index (Phi) is 6.64. The van der Waals surface area contributed by atoms with Gasteiger partial charge in [0.2, 0.25) is 0 Å². The number of aromatic carboxylic acids is 1. The average Bonchev–Trinajstić information content (AvgIpc) is 3.17. The Labute approximate surface area is 217 Å². The van der Waals surface area contributed by atoms with E-state index in [0.29, 0.717) is 47.2 Å². The van der Waals surface area contributed by atoms with Crippen LogP contribution in [0, 0.1) is 5.82 Å².